The lowest BCUT2D eigenvalue weighted by molar-refractivity contribution is 0.866. The van der Waals surface area contributed by atoms with Crippen LogP contribution in [0.3, 0.4) is 0 Å². The summed E-state index contributed by atoms with van der Waals surface area (Å²) in [5.74, 6) is 2.97. The Morgan fingerprint density at radius 1 is 1.13 bits per heavy atom. The first-order valence-corrected chi connectivity index (χ1v) is 6.76. The zero-order valence-corrected chi connectivity index (χ0v) is 10.3. The van der Waals surface area contributed by atoms with Gasteiger partial charge in [-0.05, 0) is 28.8 Å². The molecule has 1 aromatic carbocycles. The number of hydrogen-bond acceptors (Lipinski definition) is 0. The Balaban J connectivity index is 2.23. The van der Waals surface area contributed by atoms with E-state index in [0.29, 0.717) is 5.92 Å². The summed E-state index contributed by atoms with van der Waals surface area (Å²) < 4.78 is 0. The minimum atomic E-state index is 0.622. The van der Waals surface area contributed by atoms with Gasteiger partial charge in [0.05, 0.1) is 0 Å². The zero-order valence-electron chi connectivity index (χ0n) is 9.33. The molecule has 1 unspecified atom stereocenters. The fourth-order valence-electron chi connectivity index (χ4n) is 1.71. The highest BCUT2D eigenvalue weighted by Crippen LogP contribution is 2.28. The first-order valence-electron chi connectivity index (χ1n) is 5.48. The van der Waals surface area contributed by atoms with Crippen LogP contribution < -0.4 is 0 Å². The van der Waals surface area contributed by atoms with E-state index in [1.807, 2.05) is 0 Å². The molecule has 0 aliphatic carbocycles. The van der Waals surface area contributed by atoms with Gasteiger partial charge in [-0.1, -0.05) is 64.7 Å². The largest absolute Gasteiger partial charge is 0.0938 e. The van der Waals surface area contributed by atoms with Crippen LogP contribution in [0.2, 0.25) is 0 Å². The molecule has 1 atom stereocenters. The molecule has 1 heterocycles. The van der Waals surface area contributed by atoms with Crippen molar-refractivity contribution >= 4 is 14.2 Å². The van der Waals surface area contributed by atoms with Gasteiger partial charge < -0.3 is 0 Å². The van der Waals surface area contributed by atoms with E-state index < -0.39 is 0 Å². The molecular formula is C14H17P. The summed E-state index contributed by atoms with van der Waals surface area (Å²) in [6.45, 7) is 4.46. The summed E-state index contributed by atoms with van der Waals surface area (Å²) in [5, 5.41) is 0. The molecule has 0 amide bonds. The zero-order chi connectivity index (χ0) is 10.7. The maximum atomic E-state index is 2.35. The molecule has 1 heteroatoms. The third kappa shape index (κ3) is 2.58. The van der Waals surface area contributed by atoms with Gasteiger partial charge in [0.15, 0.2) is 0 Å². The quantitative estimate of drug-likeness (QED) is 0.643. The molecule has 1 aliphatic heterocycles. The van der Waals surface area contributed by atoms with E-state index in [-0.39, 0.29) is 0 Å². The molecule has 0 nitrogen and oxygen atoms in total. The maximum absolute atomic E-state index is 2.35. The van der Waals surface area contributed by atoms with Crippen molar-refractivity contribution in [2.75, 3.05) is 6.16 Å². The summed E-state index contributed by atoms with van der Waals surface area (Å²) in [4.78, 5) is 0. The van der Waals surface area contributed by atoms with Gasteiger partial charge in [0.25, 0.3) is 0 Å². The number of allylic oxidation sites excluding steroid dienone is 3. The number of rotatable bonds is 2. The van der Waals surface area contributed by atoms with Gasteiger partial charge in [-0.25, -0.2) is 0 Å². The van der Waals surface area contributed by atoms with Crippen LogP contribution in [0.5, 0.6) is 0 Å². The van der Waals surface area contributed by atoms with Crippen molar-refractivity contribution in [1.29, 1.82) is 0 Å². The van der Waals surface area contributed by atoms with Crippen LogP contribution in [0, 0.1) is 0 Å². The van der Waals surface area contributed by atoms with Crippen molar-refractivity contribution in [1.82, 2.24) is 0 Å². The van der Waals surface area contributed by atoms with Gasteiger partial charge in [-0.2, -0.15) is 0 Å². The van der Waals surface area contributed by atoms with E-state index in [9.17, 15) is 0 Å². The third-order valence-electron chi connectivity index (χ3n) is 2.70. The minimum Gasteiger partial charge on any atom is -0.0938 e. The topological polar surface area (TPSA) is 0 Å². The smallest absolute Gasteiger partial charge is 0.0134 e. The Morgan fingerprint density at radius 2 is 1.87 bits per heavy atom. The van der Waals surface area contributed by atoms with Crippen LogP contribution in [0.25, 0.3) is 5.57 Å². The molecule has 0 spiro atoms. The Bertz CT molecular complexity index is 382. The summed E-state index contributed by atoms with van der Waals surface area (Å²) in [7, 11) is 0.951. The fourth-order valence-corrected chi connectivity index (χ4v) is 2.57. The summed E-state index contributed by atoms with van der Waals surface area (Å²) in [6.07, 6.45) is 5.72. The fraction of sp³-hybridized carbons (Fsp3) is 0.286. The number of benzene rings is 1. The second-order valence-electron chi connectivity index (χ2n) is 4.19. The van der Waals surface area contributed by atoms with E-state index in [1.54, 1.807) is 0 Å². The molecule has 0 aromatic heterocycles. The molecule has 0 bridgehead atoms. The van der Waals surface area contributed by atoms with Gasteiger partial charge in [-0.15, -0.1) is 0 Å². The van der Waals surface area contributed by atoms with E-state index in [2.05, 4.69) is 56.1 Å². The van der Waals surface area contributed by atoms with Crippen LogP contribution in [0.15, 0.2) is 42.2 Å². The van der Waals surface area contributed by atoms with Gasteiger partial charge in [-0.3, -0.25) is 0 Å². The standard InChI is InChI=1S/C14H17P/c1-11(2)12-5-7-13(8-6-12)14-4-3-9-15-10-14/h3-8,10-11,15H,9H2,1-2H3. The first-order chi connectivity index (χ1) is 7.27. The number of hydrogen-bond donors (Lipinski definition) is 0. The molecule has 2 rings (SSSR count). The Kier molecular flexibility index (Phi) is 3.38. The van der Waals surface area contributed by atoms with Crippen molar-refractivity contribution in [3.8, 4) is 0 Å². The maximum Gasteiger partial charge on any atom is -0.0134 e. The highest BCUT2D eigenvalue weighted by molar-refractivity contribution is 7.42. The summed E-state index contributed by atoms with van der Waals surface area (Å²) in [5.41, 5.74) is 4.15. The van der Waals surface area contributed by atoms with Crippen LogP contribution in [-0.2, 0) is 0 Å². The minimum absolute atomic E-state index is 0.622. The lowest BCUT2D eigenvalue weighted by Gasteiger charge is -2.09. The normalized spacial score (nSPS) is 17.1. The molecule has 0 saturated carbocycles. The van der Waals surface area contributed by atoms with Crippen molar-refractivity contribution in [3.05, 3.63) is 53.4 Å². The van der Waals surface area contributed by atoms with Crippen molar-refractivity contribution in [2.24, 2.45) is 0 Å². The second kappa shape index (κ2) is 4.77. The average Bonchev–Trinajstić information content (AvgIpc) is 2.30. The molecule has 0 saturated heterocycles. The van der Waals surface area contributed by atoms with Gasteiger partial charge in [0.1, 0.15) is 0 Å². The molecule has 1 aromatic rings. The van der Waals surface area contributed by atoms with E-state index >= 15 is 0 Å². The van der Waals surface area contributed by atoms with Gasteiger partial charge in [0.2, 0.25) is 0 Å². The van der Waals surface area contributed by atoms with Crippen molar-refractivity contribution < 1.29 is 0 Å². The van der Waals surface area contributed by atoms with Crippen molar-refractivity contribution in [2.45, 2.75) is 19.8 Å². The molecule has 15 heavy (non-hydrogen) atoms. The molecule has 1 aliphatic rings. The molecule has 0 N–H and O–H groups in total. The van der Waals surface area contributed by atoms with Crippen molar-refractivity contribution in [3.63, 3.8) is 0 Å². The average molecular weight is 216 g/mol. The predicted octanol–water partition coefficient (Wildman–Crippen LogP) is 4.40. The summed E-state index contributed by atoms with van der Waals surface area (Å²) >= 11 is 0. The Morgan fingerprint density at radius 3 is 2.40 bits per heavy atom. The van der Waals surface area contributed by atoms with E-state index in [0.717, 1.165) is 8.58 Å². The highest BCUT2D eigenvalue weighted by Gasteiger charge is 2.02. The molecule has 0 fully saturated rings. The lowest BCUT2D eigenvalue weighted by Crippen LogP contribution is -1.89. The van der Waals surface area contributed by atoms with Crippen LogP contribution in [-0.4, -0.2) is 6.16 Å². The highest BCUT2D eigenvalue weighted by atomic mass is 31.1. The molecule has 0 radical (unpaired) electrons. The predicted molar refractivity (Wildman–Crippen MR) is 70.8 cm³/mol. The monoisotopic (exact) mass is 216 g/mol. The van der Waals surface area contributed by atoms with Crippen LogP contribution >= 0.6 is 8.58 Å². The van der Waals surface area contributed by atoms with E-state index in [1.165, 1.54) is 22.9 Å². The molecule has 78 valence electrons. The summed E-state index contributed by atoms with van der Waals surface area (Å²) in [6, 6.07) is 8.96. The lowest BCUT2D eigenvalue weighted by atomic mass is 9.99. The second-order valence-corrected chi connectivity index (χ2v) is 5.29. The van der Waals surface area contributed by atoms with Crippen LogP contribution in [0.4, 0.5) is 0 Å². The van der Waals surface area contributed by atoms with Gasteiger partial charge >= 0.3 is 0 Å². The first kappa shape index (κ1) is 10.6. The van der Waals surface area contributed by atoms with Gasteiger partial charge in [0, 0.05) is 0 Å². The Labute approximate surface area is 93.9 Å². The van der Waals surface area contributed by atoms with E-state index in [4.69, 9.17) is 0 Å². The SMILES string of the molecule is CC(C)c1ccc(C2=CPCC=C2)cc1. The Hall–Kier alpha value is -0.870. The third-order valence-corrected chi connectivity index (χ3v) is 3.69. The molecular weight excluding hydrogens is 199 g/mol. The van der Waals surface area contributed by atoms with Crippen LogP contribution in [0.1, 0.15) is 30.9 Å².